The minimum atomic E-state index is -4.68. The maximum atomic E-state index is 12.4. The highest BCUT2D eigenvalue weighted by Gasteiger charge is 2.37. The summed E-state index contributed by atoms with van der Waals surface area (Å²) in [5, 5.41) is 11.9. The summed E-state index contributed by atoms with van der Waals surface area (Å²) in [6.07, 6.45) is -4.68. The molecular weight excluding hydrogens is 237 g/mol. The zero-order valence-corrected chi connectivity index (χ0v) is 8.45. The van der Waals surface area contributed by atoms with Crippen LogP contribution in [-0.2, 0) is 6.18 Å². The summed E-state index contributed by atoms with van der Waals surface area (Å²) in [6.45, 7) is 1.46. The molecule has 2 aromatic rings. The zero-order chi connectivity index (χ0) is 12.8. The van der Waals surface area contributed by atoms with Crippen LogP contribution in [0.4, 0.5) is 19.0 Å². The summed E-state index contributed by atoms with van der Waals surface area (Å²) in [7, 11) is 0. The Bertz CT molecular complexity index is 635. The summed E-state index contributed by atoms with van der Waals surface area (Å²) >= 11 is 0. The quantitative estimate of drug-likeness (QED) is 0.740. The molecule has 0 saturated carbocycles. The third-order valence-electron chi connectivity index (χ3n) is 2.07. The zero-order valence-electron chi connectivity index (χ0n) is 8.45. The van der Waals surface area contributed by atoms with Crippen molar-refractivity contribution in [3.8, 4) is 6.07 Å². The lowest BCUT2D eigenvalue weighted by Crippen LogP contribution is -2.09. The monoisotopic (exact) mass is 242 g/mol. The van der Waals surface area contributed by atoms with E-state index >= 15 is 0 Å². The summed E-state index contributed by atoms with van der Waals surface area (Å²) in [6, 6.07) is 1.75. The van der Waals surface area contributed by atoms with Gasteiger partial charge in [-0.1, -0.05) is 0 Å². The second kappa shape index (κ2) is 3.31. The summed E-state index contributed by atoms with van der Waals surface area (Å²) in [5.74, 6) is -1.84. The van der Waals surface area contributed by atoms with Gasteiger partial charge < -0.3 is 5.73 Å². The Kier molecular flexibility index (Phi) is 2.17. The molecule has 0 atom stereocenters. The van der Waals surface area contributed by atoms with Crippen molar-refractivity contribution in [2.24, 2.45) is 0 Å². The van der Waals surface area contributed by atoms with Crippen LogP contribution in [0, 0.1) is 18.3 Å². The minimum absolute atomic E-state index is 0.0175. The molecule has 17 heavy (non-hydrogen) atoms. The number of alkyl halides is 3. The highest BCUT2D eigenvalue weighted by atomic mass is 19.4. The average Bonchev–Trinajstić information content (AvgIpc) is 2.61. The number of hydrogen-bond acceptors (Lipinski definition) is 5. The van der Waals surface area contributed by atoms with Crippen molar-refractivity contribution in [3.05, 3.63) is 17.1 Å². The van der Waals surface area contributed by atoms with Gasteiger partial charge in [-0.25, -0.2) is 4.98 Å². The molecule has 0 radical (unpaired) electrons. The SMILES string of the molecule is Cc1nc2nc(C(F)(F)F)nn2c(N)c1C#N. The molecule has 2 N–H and O–H groups in total. The van der Waals surface area contributed by atoms with Crippen LogP contribution >= 0.6 is 0 Å². The van der Waals surface area contributed by atoms with Crippen molar-refractivity contribution in [2.75, 3.05) is 5.73 Å². The van der Waals surface area contributed by atoms with Gasteiger partial charge in [0.05, 0.1) is 5.69 Å². The van der Waals surface area contributed by atoms with Crippen molar-refractivity contribution >= 4 is 11.6 Å². The lowest BCUT2D eigenvalue weighted by Gasteiger charge is -2.01. The third kappa shape index (κ3) is 1.63. The van der Waals surface area contributed by atoms with E-state index < -0.39 is 12.0 Å². The molecule has 0 bridgehead atoms. The summed E-state index contributed by atoms with van der Waals surface area (Å²) in [4.78, 5) is 6.94. The Balaban J connectivity index is 2.80. The Hall–Kier alpha value is -2.37. The molecule has 0 aliphatic rings. The van der Waals surface area contributed by atoms with Gasteiger partial charge in [0.15, 0.2) is 0 Å². The molecule has 0 fully saturated rings. The van der Waals surface area contributed by atoms with Crippen molar-refractivity contribution in [3.63, 3.8) is 0 Å². The highest BCUT2D eigenvalue weighted by Crippen LogP contribution is 2.27. The molecule has 88 valence electrons. The topological polar surface area (TPSA) is 92.9 Å². The van der Waals surface area contributed by atoms with Crippen LogP contribution in [0.3, 0.4) is 0 Å². The van der Waals surface area contributed by atoms with Gasteiger partial charge in [0, 0.05) is 0 Å². The van der Waals surface area contributed by atoms with Gasteiger partial charge in [-0.05, 0) is 6.92 Å². The van der Waals surface area contributed by atoms with E-state index in [0.717, 1.165) is 0 Å². The van der Waals surface area contributed by atoms with Crippen LogP contribution in [0.5, 0.6) is 0 Å². The van der Waals surface area contributed by atoms with E-state index in [1.807, 2.05) is 0 Å². The van der Waals surface area contributed by atoms with Crippen molar-refractivity contribution < 1.29 is 13.2 Å². The fraction of sp³-hybridized carbons (Fsp3) is 0.250. The van der Waals surface area contributed by atoms with Crippen LogP contribution in [0.25, 0.3) is 5.78 Å². The van der Waals surface area contributed by atoms with Gasteiger partial charge in [0.2, 0.25) is 0 Å². The fourth-order valence-corrected chi connectivity index (χ4v) is 1.29. The molecule has 0 spiro atoms. The number of nitrogens with zero attached hydrogens (tertiary/aromatic N) is 5. The molecule has 6 nitrogen and oxygen atoms in total. The fourth-order valence-electron chi connectivity index (χ4n) is 1.29. The second-order valence-electron chi connectivity index (χ2n) is 3.21. The minimum Gasteiger partial charge on any atom is -0.382 e. The van der Waals surface area contributed by atoms with Crippen LogP contribution in [0.15, 0.2) is 0 Å². The number of nitrogen functional groups attached to an aromatic ring is 1. The van der Waals surface area contributed by atoms with E-state index in [9.17, 15) is 13.2 Å². The van der Waals surface area contributed by atoms with Gasteiger partial charge >= 0.3 is 6.18 Å². The van der Waals surface area contributed by atoms with Crippen LogP contribution in [0.1, 0.15) is 17.1 Å². The number of fused-ring (bicyclic) bond motifs is 1. The molecule has 2 rings (SSSR count). The van der Waals surface area contributed by atoms with Gasteiger partial charge in [0.1, 0.15) is 17.5 Å². The van der Waals surface area contributed by atoms with Gasteiger partial charge in [-0.15, -0.1) is 5.10 Å². The molecule has 0 aliphatic carbocycles. The number of halogens is 3. The standard InChI is InChI=1S/C8H5F3N6/c1-3-4(2-12)5(13)17-7(14-3)15-6(16-17)8(9,10)11/h13H2,1H3. The number of aryl methyl sites for hydroxylation is 1. The largest absolute Gasteiger partial charge is 0.453 e. The first kappa shape index (κ1) is 11.1. The smallest absolute Gasteiger partial charge is 0.382 e. The second-order valence-corrected chi connectivity index (χ2v) is 3.21. The Labute approximate surface area is 92.5 Å². The molecule has 0 saturated heterocycles. The van der Waals surface area contributed by atoms with E-state index in [0.29, 0.717) is 4.52 Å². The van der Waals surface area contributed by atoms with Gasteiger partial charge in [-0.3, -0.25) is 0 Å². The maximum absolute atomic E-state index is 12.4. The van der Waals surface area contributed by atoms with Crippen LogP contribution in [-0.4, -0.2) is 19.6 Å². The van der Waals surface area contributed by atoms with E-state index in [2.05, 4.69) is 15.1 Å². The molecule has 2 aromatic heterocycles. The molecule has 0 aliphatic heterocycles. The molecular formula is C8H5F3N6. The Morgan fingerprint density at radius 2 is 2.00 bits per heavy atom. The maximum Gasteiger partial charge on any atom is 0.453 e. The van der Waals surface area contributed by atoms with Crippen LogP contribution < -0.4 is 5.73 Å². The average molecular weight is 242 g/mol. The Morgan fingerprint density at radius 1 is 1.35 bits per heavy atom. The van der Waals surface area contributed by atoms with E-state index in [4.69, 9.17) is 11.0 Å². The lowest BCUT2D eigenvalue weighted by atomic mass is 10.2. The van der Waals surface area contributed by atoms with Crippen molar-refractivity contribution in [2.45, 2.75) is 13.1 Å². The van der Waals surface area contributed by atoms with E-state index in [-0.39, 0.29) is 22.9 Å². The van der Waals surface area contributed by atoms with Crippen molar-refractivity contribution in [1.82, 2.24) is 19.6 Å². The highest BCUT2D eigenvalue weighted by molar-refractivity contribution is 5.55. The number of aromatic nitrogens is 4. The predicted molar refractivity (Wildman–Crippen MR) is 49.6 cm³/mol. The molecule has 2 heterocycles. The number of nitriles is 1. The number of nitrogens with two attached hydrogens (primary N) is 1. The summed E-state index contributed by atoms with van der Waals surface area (Å²) in [5.41, 5.74) is 5.71. The van der Waals surface area contributed by atoms with E-state index in [1.54, 1.807) is 6.07 Å². The molecule has 9 heteroatoms. The number of rotatable bonds is 0. The van der Waals surface area contributed by atoms with E-state index in [1.165, 1.54) is 6.92 Å². The molecule has 0 unspecified atom stereocenters. The summed E-state index contributed by atoms with van der Waals surface area (Å²) < 4.78 is 37.8. The van der Waals surface area contributed by atoms with Gasteiger partial charge in [0.25, 0.3) is 11.6 Å². The Morgan fingerprint density at radius 3 is 2.53 bits per heavy atom. The third-order valence-corrected chi connectivity index (χ3v) is 2.07. The first-order valence-corrected chi connectivity index (χ1v) is 4.34. The first-order valence-electron chi connectivity index (χ1n) is 4.34. The first-order chi connectivity index (χ1) is 7.84. The molecule has 0 amide bonds. The molecule has 0 aromatic carbocycles. The number of hydrogen-bond donors (Lipinski definition) is 1. The predicted octanol–water partition coefficient (Wildman–Crippen LogP) is 0.905. The van der Waals surface area contributed by atoms with Crippen molar-refractivity contribution in [1.29, 1.82) is 5.26 Å². The normalized spacial score (nSPS) is 11.7. The number of anilines is 1. The van der Waals surface area contributed by atoms with Gasteiger partial charge in [-0.2, -0.15) is 27.9 Å². The lowest BCUT2D eigenvalue weighted by molar-refractivity contribution is -0.144. The van der Waals surface area contributed by atoms with Crippen LogP contribution in [0.2, 0.25) is 0 Å².